The van der Waals surface area contributed by atoms with Crippen LogP contribution in [0.25, 0.3) is 0 Å². The molecule has 3 rings (SSSR count). The van der Waals surface area contributed by atoms with E-state index in [9.17, 15) is 13.2 Å². The number of carbonyl (C=O) groups excluding carboxylic acids is 1. The van der Waals surface area contributed by atoms with Crippen LogP contribution in [0.4, 0.5) is 5.69 Å². The first-order valence-corrected chi connectivity index (χ1v) is 12.0. The summed E-state index contributed by atoms with van der Waals surface area (Å²) in [6, 6.07) is 8.95. The van der Waals surface area contributed by atoms with Crippen molar-refractivity contribution >= 4 is 33.0 Å². The highest BCUT2D eigenvalue weighted by Gasteiger charge is 2.29. The molecular weight excluding hydrogens is 394 g/mol. The molecule has 0 spiro atoms. The first-order valence-electron chi connectivity index (χ1n) is 9.67. The summed E-state index contributed by atoms with van der Waals surface area (Å²) in [7, 11) is -3.54. The van der Waals surface area contributed by atoms with Crippen LogP contribution >= 0.6 is 11.3 Å². The van der Waals surface area contributed by atoms with E-state index in [1.165, 1.54) is 25.7 Å². The number of quaternary nitrogens is 1. The maximum Gasteiger partial charge on any atom is 0.279 e. The lowest BCUT2D eigenvalue weighted by molar-refractivity contribution is -0.923. The number of sulfonamides is 1. The van der Waals surface area contributed by atoms with Gasteiger partial charge < -0.3 is 10.2 Å². The molecule has 2 N–H and O–H groups in total. The van der Waals surface area contributed by atoms with Crippen molar-refractivity contribution in [1.82, 2.24) is 4.31 Å². The Hall–Kier alpha value is -1.74. The molecule has 2 heterocycles. The Morgan fingerprint density at radius 3 is 2.75 bits per heavy atom. The highest BCUT2D eigenvalue weighted by Crippen LogP contribution is 2.24. The lowest BCUT2D eigenvalue weighted by Crippen LogP contribution is -3.14. The summed E-state index contributed by atoms with van der Waals surface area (Å²) >= 11 is 1.79. The maximum atomic E-state index is 12.7. The van der Waals surface area contributed by atoms with E-state index in [2.05, 4.69) is 23.7 Å². The second-order valence-electron chi connectivity index (χ2n) is 7.02. The van der Waals surface area contributed by atoms with Crippen molar-refractivity contribution in [2.24, 2.45) is 0 Å². The van der Waals surface area contributed by atoms with Gasteiger partial charge in [-0.2, -0.15) is 4.31 Å². The number of amides is 1. The lowest BCUT2D eigenvalue weighted by atomic mass is 10.0. The van der Waals surface area contributed by atoms with E-state index in [-0.39, 0.29) is 16.8 Å². The predicted octanol–water partition coefficient (Wildman–Crippen LogP) is 1.92. The molecule has 2 atom stereocenters. The minimum atomic E-state index is -3.54. The molecule has 8 heteroatoms. The average Bonchev–Trinajstić information content (AvgIpc) is 3.14. The predicted molar refractivity (Wildman–Crippen MR) is 112 cm³/mol. The van der Waals surface area contributed by atoms with Crippen LogP contribution in [0.15, 0.2) is 40.6 Å². The Balaban J connectivity index is 1.68. The number of anilines is 1. The van der Waals surface area contributed by atoms with Gasteiger partial charge in [0, 0.05) is 35.6 Å². The third-order valence-corrected chi connectivity index (χ3v) is 8.42. The van der Waals surface area contributed by atoms with Gasteiger partial charge in [0.05, 0.1) is 11.4 Å². The summed E-state index contributed by atoms with van der Waals surface area (Å²) in [5, 5.41) is 4.99. The van der Waals surface area contributed by atoms with Crippen LogP contribution in [0.3, 0.4) is 0 Å². The van der Waals surface area contributed by atoms with Crippen LogP contribution in [0.5, 0.6) is 0 Å². The van der Waals surface area contributed by atoms with E-state index in [4.69, 9.17) is 0 Å². The van der Waals surface area contributed by atoms with Crippen molar-refractivity contribution < 1.29 is 18.1 Å². The fourth-order valence-corrected chi connectivity index (χ4v) is 6.23. The summed E-state index contributed by atoms with van der Waals surface area (Å²) in [6.07, 6.45) is 0.998. The van der Waals surface area contributed by atoms with Crippen LogP contribution in [0.2, 0.25) is 0 Å². The number of hydrogen-bond acceptors (Lipinski definition) is 4. The molecule has 1 unspecified atom stereocenters. The van der Waals surface area contributed by atoms with Gasteiger partial charge in [-0.25, -0.2) is 8.42 Å². The molecule has 152 valence electrons. The average molecular weight is 423 g/mol. The van der Waals surface area contributed by atoms with Crippen LogP contribution in [-0.2, 0) is 21.2 Å². The van der Waals surface area contributed by atoms with Crippen molar-refractivity contribution in [3.8, 4) is 0 Å². The summed E-state index contributed by atoms with van der Waals surface area (Å²) in [5.41, 5.74) is 1.85. The Kier molecular flexibility index (Phi) is 6.54. The molecule has 1 aliphatic heterocycles. The van der Waals surface area contributed by atoms with E-state index in [1.807, 2.05) is 13.8 Å². The number of fused-ring (bicyclic) bond motifs is 1. The van der Waals surface area contributed by atoms with Crippen LogP contribution in [0, 0.1) is 0 Å². The monoisotopic (exact) mass is 422 g/mol. The largest absolute Gasteiger partial charge is 0.321 e. The van der Waals surface area contributed by atoms with Crippen molar-refractivity contribution in [2.75, 3.05) is 31.5 Å². The summed E-state index contributed by atoms with van der Waals surface area (Å²) < 4.78 is 26.8. The first kappa shape index (κ1) is 21.0. The van der Waals surface area contributed by atoms with Crippen molar-refractivity contribution in [3.05, 3.63) is 46.2 Å². The highest BCUT2D eigenvalue weighted by atomic mass is 32.2. The summed E-state index contributed by atoms with van der Waals surface area (Å²) in [6.45, 7) is 7.90. The standard InChI is InChI=1S/C20H27N3O3S2/c1-4-23(5-2)28(25,26)17-8-6-7-16(13-17)21-20(24)14-22-11-9-19-18(15(22)3)10-12-27-19/h6-8,10,12-13,15H,4-5,9,11,14H2,1-3H3,(H,21,24)/p+1/t15-/m0/s1. The molecule has 28 heavy (non-hydrogen) atoms. The van der Waals surface area contributed by atoms with Crippen molar-refractivity contribution in [2.45, 2.75) is 38.1 Å². The van der Waals surface area contributed by atoms with Crippen LogP contribution < -0.4 is 10.2 Å². The molecule has 0 radical (unpaired) electrons. The number of nitrogens with one attached hydrogen (secondary N) is 2. The second kappa shape index (κ2) is 8.73. The number of carbonyl (C=O) groups is 1. The van der Waals surface area contributed by atoms with Crippen molar-refractivity contribution in [1.29, 1.82) is 0 Å². The van der Waals surface area contributed by atoms with Gasteiger partial charge in [0.2, 0.25) is 10.0 Å². The zero-order valence-electron chi connectivity index (χ0n) is 16.6. The number of hydrogen-bond donors (Lipinski definition) is 2. The van der Waals surface area contributed by atoms with Gasteiger partial charge >= 0.3 is 0 Å². The molecule has 1 aromatic carbocycles. The summed E-state index contributed by atoms with van der Waals surface area (Å²) in [4.78, 5) is 15.5. The Bertz CT molecular complexity index is 936. The fourth-order valence-electron chi connectivity index (χ4n) is 3.75. The van der Waals surface area contributed by atoms with Gasteiger partial charge in [-0.05, 0) is 36.6 Å². The zero-order chi connectivity index (χ0) is 20.3. The fraction of sp³-hybridized carbons (Fsp3) is 0.450. The van der Waals surface area contributed by atoms with Crippen LogP contribution in [0.1, 0.15) is 37.3 Å². The van der Waals surface area contributed by atoms with Gasteiger partial charge in [0.25, 0.3) is 5.91 Å². The number of nitrogens with zero attached hydrogens (tertiary/aromatic N) is 1. The Morgan fingerprint density at radius 1 is 1.29 bits per heavy atom. The van der Waals surface area contributed by atoms with E-state index in [0.29, 0.717) is 25.3 Å². The van der Waals surface area contributed by atoms with Gasteiger partial charge in [0.15, 0.2) is 6.54 Å². The molecule has 0 aliphatic carbocycles. The third-order valence-electron chi connectivity index (χ3n) is 5.38. The first-order chi connectivity index (χ1) is 13.4. The normalized spacial score (nSPS) is 19.4. The second-order valence-corrected chi connectivity index (χ2v) is 9.96. The minimum absolute atomic E-state index is 0.0992. The molecule has 0 saturated carbocycles. The van der Waals surface area contributed by atoms with E-state index < -0.39 is 10.0 Å². The zero-order valence-corrected chi connectivity index (χ0v) is 18.2. The smallest absolute Gasteiger partial charge is 0.279 e. The lowest BCUT2D eigenvalue weighted by Gasteiger charge is -2.29. The molecule has 0 saturated heterocycles. The number of benzene rings is 1. The minimum Gasteiger partial charge on any atom is -0.321 e. The van der Waals surface area contributed by atoms with E-state index in [0.717, 1.165) is 13.0 Å². The molecular formula is C20H28N3O3S2+. The van der Waals surface area contributed by atoms with E-state index in [1.54, 1.807) is 29.5 Å². The summed E-state index contributed by atoms with van der Waals surface area (Å²) in [5.74, 6) is -0.0992. The highest BCUT2D eigenvalue weighted by molar-refractivity contribution is 7.89. The molecule has 1 amide bonds. The molecule has 0 bridgehead atoms. The van der Waals surface area contributed by atoms with Crippen molar-refractivity contribution in [3.63, 3.8) is 0 Å². The van der Waals surface area contributed by atoms with Gasteiger partial charge in [-0.15, -0.1) is 11.3 Å². The molecule has 1 aromatic heterocycles. The SMILES string of the molecule is CCN(CC)S(=O)(=O)c1cccc(NC(=O)C[NH+]2CCc3sccc3[C@@H]2C)c1. The maximum absolute atomic E-state index is 12.7. The number of thiophene rings is 1. The quantitative estimate of drug-likeness (QED) is 0.716. The third kappa shape index (κ3) is 4.30. The van der Waals surface area contributed by atoms with Gasteiger partial charge in [-0.1, -0.05) is 19.9 Å². The Morgan fingerprint density at radius 2 is 2.04 bits per heavy atom. The van der Waals surface area contributed by atoms with Crippen LogP contribution in [-0.4, -0.2) is 44.8 Å². The number of rotatable bonds is 7. The Labute approximate surface area is 171 Å². The van der Waals surface area contributed by atoms with E-state index >= 15 is 0 Å². The van der Waals surface area contributed by atoms with Gasteiger partial charge in [0.1, 0.15) is 6.04 Å². The molecule has 1 aliphatic rings. The molecule has 2 aromatic rings. The van der Waals surface area contributed by atoms with Gasteiger partial charge in [-0.3, -0.25) is 4.79 Å². The molecule has 0 fully saturated rings. The molecule has 6 nitrogen and oxygen atoms in total. The topological polar surface area (TPSA) is 70.9 Å².